The van der Waals surface area contributed by atoms with E-state index < -0.39 is 39.5 Å². The zero-order chi connectivity index (χ0) is 25.8. The van der Waals surface area contributed by atoms with Gasteiger partial charge in [0, 0.05) is 12.1 Å². The van der Waals surface area contributed by atoms with Gasteiger partial charge in [0.05, 0.1) is 24.5 Å². The van der Waals surface area contributed by atoms with Gasteiger partial charge >= 0.3 is 6.18 Å². The molecule has 192 valence electrons. The van der Waals surface area contributed by atoms with E-state index >= 15 is 0 Å². The number of aromatic nitrogens is 1. The number of nitrogens with zero attached hydrogens (tertiary/aromatic N) is 1. The Morgan fingerprint density at radius 1 is 1.20 bits per heavy atom. The van der Waals surface area contributed by atoms with Gasteiger partial charge in [-0.1, -0.05) is 18.9 Å². The van der Waals surface area contributed by atoms with Gasteiger partial charge in [0.1, 0.15) is 11.5 Å². The smallest absolute Gasteiger partial charge is 0.433 e. The Hall–Kier alpha value is -2.89. The maximum atomic E-state index is 14.3. The van der Waals surface area contributed by atoms with E-state index in [0.29, 0.717) is 5.56 Å². The normalized spacial score (nSPS) is 15.6. The molecule has 1 aliphatic carbocycles. The first kappa shape index (κ1) is 26.7. The lowest BCUT2D eigenvalue weighted by atomic mass is 9.99. The molecular weight excluding hydrogens is 490 g/mol. The molecule has 2 aromatic rings. The largest absolute Gasteiger partial charge is 0.477 e. The van der Waals surface area contributed by atoms with Gasteiger partial charge in [-0.05, 0) is 55.5 Å². The van der Waals surface area contributed by atoms with Crippen molar-refractivity contribution in [2.24, 2.45) is 5.92 Å². The maximum absolute atomic E-state index is 14.3. The number of carbonyl (C=O) groups excluding carboxylic acids is 1. The Bertz CT molecular complexity index is 1170. The summed E-state index contributed by atoms with van der Waals surface area (Å²) in [7, 11) is -3.67. The van der Waals surface area contributed by atoms with Crippen molar-refractivity contribution < 1.29 is 35.5 Å². The fraction of sp³-hybridized carbons (Fsp3) is 0.478. The van der Waals surface area contributed by atoms with Crippen LogP contribution in [0.2, 0.25) is 0 Å². The number of anilines is 1. The highest BCUT2D eigenvalue weighted by molar-refractivity contribution is 7.92. The molecule has 0 bridgehead atoms. The van der Waals surface area contributed by atoms with E-state index in [9.17, 15) is 30.8 Å². The fourth-order valence-corrected chi connectivity index (χ4v) is 4.40. The molecule has 1 fully saturated rings. The molecule has 1 aromatic heterocycles. The average molecular weight is 518 g/mol. The zero-order valence-corrected chi connectivity index (χ0v) is 20.1. The Morgan fingerprint density at radius 2 is 1.89 bits per heavy atom. The summed E-state index contributed by atoms with van der Waals surface area (Å²) >= 11 is 0. The molecule has 1 atom stereocenters. The Morgan fingerprint density at radius 3 is 2.49 bits per heavy atom. The predicted octanol–water partition coefficient (Wildman–Crippen LogP) is 4.60. The van der Waals surface area contributed by atoms with Crippen LogP contribution in [0.15, 0.2) is 30.3 Å². The van der Waals surface area contributed by atoms with Crippen molar-refractivity contribution in [3.8, 4) is 5.88 Å². The van der Waals surface area contributed by atoms with Gasteiger partial charge in [0.2, 0.25) is 21.8 Å². The van der Waals surface area contributed by atoms with Crippen LogP contribution in [0.25, 0.3) is 0 Å². The lowest BCUT2D eigenvalue weighted by Gasteiger charge is -2.17. The molecule has 0 aliphatic heterocycles. The number of benzene rings is 1. The Labute approximate surface area is 201 Å². The van der Waals surface area contributed by atoms with Crippen LogP contribution in [0.1, 0.15) is 55.3 Å². The van der Waals surface area contributed by atoms with Crippen molar-refractivity contribution in [3.05, 3.63) is 53.0 Å². The summed E-state index contributed by atoms with van der Waals surface area (Å²) in [5, 5.41) is 2.62. The first-order valence-electron chi connectivity index (χ1n) is 11.1. The highest BCUT2D eigenvalue weighted by Crippen LogP contribution is 2.31. The van der Waals surface area contributed by atoms with Gasteiger partial charge in [0.15, 0.2) is 0 Å². The van der Waals surface area contributed by atoms with Crippen molar-refractivity contribution >= 4 is 21.6 Å². The molecule has 1 aromatic carbocycles. The maximum Gasteiger partial charge on any atom is 0.433 e. The number of sulfonamides is 1. The van der Waals surface area contributed by atoms with Crippen molar-refractivity contribution in [1.29, 1.82) is 0 Å². The first-order chi connectivity index (χ1) is 16.3. The van der Waals surface area contributed by atoms with Crippen molar-refractivity contribution in [1.82, 2.24) is 10.3 Å². The molecule has 3 rings (SSSR count). The number of nitrogens with one attached hydrogen (secondary N) is 2. The second kappa shape index (κ2) is 10.8. The molecule has 0 spiro atoms. The molecule has 1 aliphatic rings. The fourth-order valence-electron chi connectivity index (χ4n) is 3.83. The summed E-state index contributed by atoms with van der Waals surface area (Å²) in [5.41, 5.74) is -0.748. The first-order valence-corrected chi connectivity index (χ1v) is 13.0. The van der Waals surface area contributed by atoms with Crippen LogP contribution in [0.3, 0.4) is 0 Å². The van der Waals surface area contributed by atoms with Crippen LogP contribution in [0.5, 0.6) is 5.88 Å². The molecule has 0 saturated heterocycles. The Kier molecular flexibility index (Phi) is 8.24. The molecular formula is C23H27F4N3O4S. The number of halogens is 4. The van der Waals surface area contributed by atoms with Crippen molar-refractivity contribution in [3.63, 3.8) is 0 Å². The van der Waals surface area contributed by atoms with Gasteiger partial charge in [-0.25, -0.2) is 17.8 Å². The lowest BCUT2D eigenvalue weighted by molar-refractivity contribution is -0.141. The van der Waals surface area contributed by atoms with E-state index in [2.05, 4.69) is 10.3 Å². The molecule has 12 heteroatoms. The zero-order valence-electron chi connectivity index (χ0n) is 19.3. The monoisotopic (exact) mass is 517 g/mol. The van der Waals surface area contributed by atoms with Gasteiger partial charge in [-0.15, -0.1) is 0 Å². The molecule has 1 saturated carbocycles. The quantitative estimate of drug-likeness (QED) is 0.474. The van der Waals surface area contributed by atoms with E-state index in [1.807, 2.05) is 4.72 Å². The van der Waals surface area contributed by atoms with Crippen LogP contribution < -0.4 is 14.8 Å². The highest BCUT2D eigenvalue weighted by Gasteiger charge is 2.33. The number of rotatable bonds is 9. The molecule has 35 heavy (non-hydrogen) atoms. The minimum atomic E-state index is -4.63. The van der Waals surface area contributed by atoms with E-state index in [1.54, 1.807) is 0 Å². The van der Waals surface area contributed by atoms with Crippen LogP contribution in [-0.2, 0) is 27.5 Å². The van der Waals surface area contributed by atoms with Crippen LogP contribution in [-0.4, -0.2) is 32.2 Å². The third kappa shape index (κ3) is 7.55. The minimum Gasteiger partial charge on any atom is -0.477 e. The van der Waals surface area contributed by atoms with E-state index in [0.717, 1.165) is 44.1 Å². The number of ether oxygens (including phenoxy) is 1. The molecule has 1 unspecified atom stereocenters. The van der Waals surface area contributed by atoms with Crippen molar-refractivity contribution in [2.45, 2.75) is 51.2 Å². The summed E-state index contributed by atoms with van der Waals surface area (Å²) in [5.74, 6) is -2.09. The van der Waals surface area contributed by atoms with E-state index in [-0.39, 0.29) is 36.2 Å². The van der Waals surface area contributed by atoms with Crippen LogP contribution in [0, 0.1) is 11.7 Å². The van der Waals surface area contributed by atoms with Gasteiger partial charge in [0.25, 0.3) is 0 Å². The second-order valence-electron chi connectivity index (χ2n) is 8.67. The number of amides is 1. The standard InChI is InChI=1S/C23H27F4N3O4S/c1-14(16-7-9-19(18(24)11-16)30-35(2,32)33)21(31)28-12-17-8-10-20(23(25,26)27)29-22(17)34-13-15-5-3-4-6-15/h7-11,14-15,30H,3-6,12-13H2,1-2H3,(H,28,31). The third-order valence-electron chi connectivity index (χ3n) is 5.79. The predicted molar refractivity (Wildman–Crippen MR) is 122 cm³/mol. The molecule has 7 nitrogen and oxygen atoms in total. The molecule has 1 heterocycles. The lowest BCUT2D eigenvalue weighted by Crippen LogP contribution is -2.28. The average Bonchev–Trinajstić information content (AvgIpc) is 3.29. The number of pyridine rings is 1. The number of alkyl halides is 3. The second-order valence-corrected chi connectivity index (χ2v) is 10.4. The van der Waals surface area contributed by atoms with Gasteiger partial charge in [-0.3, -0.25) is 9.52 Å². The number of hydrogen-bond acceptors (Lipinski definition) is 5. The highest BCUT2D eigenvalue weighted by atomic mass is 32.2. The SMILES string of the molecule is CC(C(=O)NCc1ccc(C(F)(F)F)nc1OCC1CCCC1)c1ccc(NS(C)(=O)=O)c(F)c1. The number of carbonyl (C=O) groups is 1. The van der Waals surface area contributed by atoms with Crippen molar-refractivity contribution in [2.75, 3.05) is 17.6 Å². The number of hydrogen-bond donors (Lipinski definition) is 2. The molecule has 0 radical (unpaired) electrons. The topological polar surface area (TPSA) is 97.4 Å². The molecule has 1 amide bonds. The summed E-state index contributed by atoms with van der Waals surface area (Å²) in [6.45, 7) is 1.64. The van der Waals surface area contributed by atoms with E-state index in [4.69, 9.17) is 4.74 Å². The third-order valence-corrected chi connectivity index (χ3v) is 6.39. The Balaban J connectivity index is 1.70. The molecule has 2 N–H and O–H groups in total. The summed E-state index contributed by atoms with van der Waals surface area (Å²) in [6.07, 6.45) is 0.241. The van der Waals surface area contributed by atoms with Gasteiger partial charge < -0.3 is 10.1 Å². The van der Waals surface area contributed by atoms with E-state index in [1.165, 1.54) is 25.1 Å². The summed E-state index contributed by atoms with van der Waals surface area (Å²) in [6, 6.07) is 5.72. The van der Waals surface area contributed by atoms with Crippen LogP contribution >= 0.6 is 0 Å². The summed E-state index contributed by atoms with van der Waals surface area (Å²) < 4.78 is 84.0. The summed E-state index contributed by atoms with van der Waals surface area (Å²) in [4.78, 5) is 16.3. The minimum absolute atomic E-state index is 0.134. The van der Waals surface area contributed by atoms with Gasteiger partial charge in [-0.2, -0.15) is 13.2 Å². The van der Waals surface area contributed by atoms with Crippen LogP contribution in [0.4, 0.5) is 23.2 Å².